The minimum absolute atomic E-state index is 0.00444. The van der Waals surface area contributed by atoms with Gasteiger partial charge in [0.15, 0.2) is 5.78 Å². The molecule has 0 spiro atoms. The average molecular weight is 184 g/mol. The van der Waals surface area contributed by atoms with Gasteiger partial charge in [0.05, 0.1) is 0 Å². The first kappa shape index (κ1) is 10.4. The van der Waals surface area contributed by atoms with Gasteiger partial charge in [-0.1, -0.05) is 13.8 Å². The highest BCUT2D eigenvalue weighted by molar-refractivity contribution is 5.84. The van der Waals surface area contributed by atoms with Gasteiger partial charge in [-0.05, 0) is 18.3 Å². The number of Topliss-reactive ketones (excluding diaryl/α,β-unsaturated/α-hetero) is 1. The Morgan fingerprint density at radius 3 is 2.46 bits per heavy atom. The zero-order valence-electron chi connectivity index (χ0n) is 8.28. The molecule has 0 aromatic heterocycles. The molecule has 0 aromatic rings. The van der Waals surface area contributed by atoms with Gasteiger partial charge in [0, 0.05) is 12.3 Å². The first-order valence-electron chi connectivity index (χ1n) is 4.57. The molecule has 3 atom stereocenters. The number of rotatable bonds is 4. The molecule has 0 aliphatic heterocycles. The van der Waals surface area contributed by atoms with Crippen LogP contribution in [0.5, 0.6) is 0 Å². The van der Waals surface area contributed by atoms with Crippen molar-refractivity contribution in [3.05, 3.63) is 0 Å². The molecule has 1 N–H and O–H groups in total. The average Bonchev–Trinajstić information content (AvgIpc) is 2.52. The number of aliphatic hydroxyl groups is 1. The quantitative estimate of drug-likeness (QED) is 0.657. The summed E-state index contributed by atoms with van der Waals surface area (Å²) < 4.78 is 0. The third-order valence-electron chi connectivity index (χ3n) is 3.17. The Kier molecular flexibility index (Phi) is 2.57. The molecule has 0 bridgehead atoms. The van der Waals surface area contributed by atoms with E-state index in [1.165, 1.54) is 6.92 Å². The van der Waals surface area contributed by atoms with Crippen molar-refractivity contribution in [1.29, 1.82) is 0 Å². The summed E-state index contributed by atoms with van der Waals surface area (Å²) in [5.41, 5.74) is -0.0493. The van der Waals surface area contributed by atoms with Crippen LogP contribution in [0, 0.1) is 17.3 Å². The predicted octanol–water partition coefficient (Wildman–Crippen LogP) is 0.797. The highest BCUT2D eigenvalue weighted by Gasteiger charge is 2.57. The lowest BCUT2D eigenvalue weighted by molar-refractivity contribution is -0.126. The molecule has 74 valence electrons. The number of ketones is 1. The number of hydrogen-bond acceptors (Lipinski definition) is 3. The van der Waals surface area contributed by atoms with E-state index in [1.807, 2.05) is 13.8 Å². The Labute approximate surface area is 78.1 Å². The molecule has 1 saturated carbocycles. The van der Waals surface area contributed by atoms with E-state index in [0.29, 0.717) is 6.42 Å². The first-order chi connectivity index (χ1) is 5.91. The molecule has 1 aliphatic rings. The SMILES string of the molecule is CC(O)C(=O)CC1C(C=O)C1(C)C. The molecule has 1 fully saturated rings. The lowest BCUT2D eigenvalue weighted by atomic mass is 10.0. The van der Waals surface area contributed by atoms with Crippen LogP contribution >= 0.6 is 0 Å². The summed E-state index contributed by atoms with van der Waals surface area (Å²) in [6.45, 7) is 5.42. The van der Waals surface area contributed by atoms with E-state index >= 15 is 0 Å². The molecule has 0 amide bonds. The fourth-order valence-corrected chi connectivity index (χ4v) is 1.83. The zero-order chi connectivity index (χ0) is 10.2. The van der Waals surface area contributed by atoms with Crippen LogP contribution in [-0.2, 0) is 9.59 Å². The Hall–Kier alpha value is -0.700. The Morgan fingerprint density at radius 2 is 2.15 bits per heavy atom. The molecule has 0 aromatic carbocycles. The van der Waals surface area contributed by atoms with E-state index in [-0.39, 0.29) is 23.0 Å². The highest BCUT2D eigenvalue weighted by atomic mass is 16.3. The van der Waals surface area contributed by atoms with E-state index in [1.54, 1.807) is 0 Å². The summed E-state index contributed by atoms with van der Waals surface area (Å²) in [5.74, 6) is -0.0373. The minimum Gasteiger partial charge on any atom is -0.386 e. The van der Waals surface area contributed by atoms with Crippen LogP contribution in [0.15, 0.2) is 0 Å². The summed E-state index contributed by atoms with van der Waals surface area (Å²) in [7, 11) is 0. The lowest BCUT2D eigenvalue weighted by Gasteiger charge is -2.03. The molecule has 0 saturated heterocycles. The molecule has 3 unspecified atom stereocenters. The largest absolute Gasteiger partial charge is 0.386 e. The number of aldehydes is 1. The van der Waals surface area contributed by atoms with Gasteiger partial charge in [-0.3, -0.25) is 4.79 Å². The number of carbonyl (C=O) groups is 2. The third kappa shape index (κ3) is 1.80. The van der Waals surface area contributed by atoms with Gasteiger partial charge in [-0.15, -0.1) is 0 Å². The maximum Gasteiger partial charge on any atom is 0.161 e. The van der Waals surface area contributed by atoms with Crippen molar-refractivity contribution in [2.75, 3.05) is 0 Å². The van der Waals surface area contributed by atoms with Crippen LogP contribution in [0.1, 0.15) is 27.2 Å². The van der Waals surface area contributed by atoms with Crippen LogP contribution in [0.3, 0.4) is 0 Å². The Morgan fingerprint density at radius 1 is 1.62 bits per heavy atom. The smallest absolute Gasteiger partial charge is 0.161 e. The normalized spacial score (nSPS) is 32.3. The van der Waals surface area contributed by atoms with E-state index in [4.69, 9.17) is 5.11 Å². The van der Waals surface area contributed by atoms with Crippen molar-refractivity contribution >= 4 is 12.1 Å². The second-order valence-corrected chi connectivity index (χ2v) is 4.44. The molecule has 0 heterocycles. The van der Waals surface area contributed by atoms with Gasteiger partial charge in [-0.2, -0.15) is 0 Å². The van der Waals surface area contributed by atoms with Gasteiger partial charge in [-0.25, -0.2) is 0 Å². The first-order valence-corrected chi connectivity index (χ1v) is 4.57. The van der Waals surface area contributed by atoms with Crippen molar-refractivity contribution in [1.82, 2.24) is 0 Å². The second kappa shape index (κ2) is 3.22. The maximum absolute atomic E-state index is 11.2. The molecule has 1 aliphatic carbocycles. The maximum atomic E-state index is 11.2. The zero-order valence-corrected chi connectivity index (χ0v) is 8.28. The molecular weight excluding hydrogens is 168 g/mol. The van der Waals surface area contributed by atoms with Crippen LogP contribution in [0.2, 0.25) is 0 Å². The van der Waals surface area contributed by atoms with Crippen molar-refractivity contribution in [2.24, 2.45) is 17.3 Å². The number of aliphatic hydroxyl groups excluding tert-OH is 1. The summed E-state index contributed by atoms with van der Waals surface area (Å²) in [6, 6.07) is 0. The fraction of sp³-hybridized carbons (Fsp3) is 0.800. The highest BCUT2D eigenvalue weighted by Crippen LogP contribution is 2.58. The van der Waals surface area contributed by atoms with Crippen molar-refractivity contribution < 1.29 is 14.7 Å². The van der Waals surface area contributed by atoms with Crippen molar-refractivity contribution in [3.8, 4) is 0 Å². The van der Waals surface area contributed by atoms with Crippen LogP contribution in [0.4, 0.5) is 0 Å². The van der Waals surface area contributed by atoms with Gasteiger partial charge >= 0.3 is 0 Å². The predicted molar refractivity (Wildman–Crippen MR) is 48.1 cm³/mol. The van der Waals surface area contributed by atoms with Gasteiger partial charge < -0.3 is 9.90 Å². The third-order valence-corrected chi connectivity index (χ3v) is 3.17. The van der Waals surface area contributed by atoms with Crippen LogP contribution < -0.4 is 0 Å². The van der Waals surface area contributed by atoms with Gasteiger partial charge in [0.25, 0.3) is 0 Å². The van der Waals surface area contributed by atoms with E-state index in [0.717, 1.165) is 6.29 Å². The molecule has 3 nitrogen and oxygen atoms in total. The van der Waals surface area contributed by atoms with Gasteiger partial charge in [0.2, 0.25) is 0 Å². The number of carbonyl (C=O) groups excluding carboxylic acids is 2. The molecule has 1 rings (SSSR count). The van der Waals surface area contributed by atoms with E-state index < -0.39 is 6.10 Å². The summed E-state index contributed by atoms with van der Waals surface area (Å²) >= 11 is 0. The van der Waals surface area contributed by atoms with Crippen molar-refractivity contribution in [2.45, 2.75) is 33.3 Å². The molecule has 3 heteroatoms. The van der Waals surface area contributed by atoms with E-state index in [2.05, 4.69) is 0 Å². The van der Waals surface area contributed by atoms with Crippen molar-refractivity contribution in [3.63, 3.8) is 0 Å². The number of hydrogen-bond donors (Lipinski definition) is 1. The monoisotopic (exact) mass is 184 g/mol. The summed E-state index contributed by atoms with van der Waals surface area (Å²) in [6.07, 6.45) is 0.345. The summed E-state index contributed by atoms with van der Waals surface area (Å²) in [4.78, 5) is 21.7. The lowest BCUT2D eigenvalue weighted by Crippen LogP contribution is -2.17. The minimum atomic E-state index is -0.899. The molecule has 0 radical (unpaired) electrons. The topological polar surface area (TPSA) is 54.4 Å². The fourth-order valence-electron chi connectivity index (χ4n) is 1.83. The van der Waals surface area contributed by atoms with Crippen LogP contribution in [0.25, 0.3) is 0 Å². The summed E-state index contributed by atoms with van der Waals surface area (Å²) in [5, 5.41) is 8.99. The van der Waals surface area contributed by atoms with E-state index in [9.17, 15) is 9.59 Å². The Balaban J connectivity index is 2.50. The standard InChI is InChI=1S/C10H16O3/c1-6(12)9(13)4-7-8(5-11)10(7,2)3/h5-8,12H,4H2,1-3H3. The molecule has 13 heavy (non-hydrogen) atoms. The molecular formula is C10H16O3. The van der Waals surface area contributed by atoms with Crippen LogP contribution in [-0.4, -0.2) is 23.3 Å². The Bertz CT molecular complexity index is 230. The second-order valence-electron chi connectivity index (χ2n) is 4.44. The van der Waals surface area contributed by atoms with Gasteiger partial charge in [0.1, 0.15) is 12.4 Å².